The van der Waals surface area contributed by atoms with Crippen LogP contribution in [-0.4, -0.2) is 29.4 Å². The summed E-state index contributed by atoms with van der Waals surface area (Å²) in [4.78, 5) is 4.44. The van der Waals surface area contributed by atoms with Crippen molar-refractivity contribution in [2.45, 2.75) is 13.3 Å². The van der Waals surface area contributed by atoms with Crippen molar-refractivity contribution in [1.82, 2.24) is 15.2 Å². The summed E-state index contributed by atoms with van der Waals surface area (Å²) >= 11 is 0. The van der Waals surface area contributed by atoms with Crippen molar-refractivity contribution in [2.24, 2.45) is 0 Å². The second-order valence-corrected chi connectivity index (χ2v) is 5.53. The van der Waals surface area contributed by atoms with Crippen LogP contribution in [0.5, 0.6) is 11.5 Å². The summed E-state index contributed by atoms with van der Waals surface area (Å²) in [6.45, 7) is 2.13. The molecule has 0 saturated carbocycles. The van der Waals surface area contributed by atoms with Gasteiger partial charge in [-0.1, -0.05) is 19.1 Å². The van der Waals surface area contributed by atoms with Gasteiger partial charge in [0.1, 0.15) is 11.5 Å². The topological polar surface area (TPSA) is 81.2 Å². The maximum atomic E-state index is 5.37. The minimum absolute atomic E-state index is 0.364. The summed E-state index contributed by atoms with van der Waals surface area (Å²) in [5.74, 6) is 2.29. The van der Waals surface area contributed by atoms with Crippen LogP contribution in [0, 0.1) is 0 Å². The van der Waals surface area contributed by atoms with Crippen molar-refractivity contribution in [3.05, 3.63) is 54.2 Å². The number of nitrogens with zero attached hydrogens (tertiary/aromatic N) is 3. The molecular formula is C19H21N5O2. The van der Waals surface area contributed by atoms with Crippen LogP contribution in [0.1, 0.15) is 12.5 Å². The van der Waals surface area contributed by atoms with Crippen LogP contribution < -0.4 is 20.1 Å². The molecule has 0 spiro atoms. The zero-order chi connectivity index (χ0) is 18.4. The third-order valence-corrected chi connectivity index (χ3v) is 3.85. The summed E-state index contributed by atoms with van der Waals surface area (Å²) in [5, 5.41) is 14.4. The van der Waals surface area contributed by atoms with E-state index >= 15 is 0 Å². The van der Waals surface area contributed by atoms with Crippen molar-refractivity contribution in [1.29, 1.82) is 0 Å². The molecular weight excluding hydrogens is 330 g/mol. The van der Waals surface area contributed by atoms with E-state index in [0.717, 1.165) is 17.8 Å². The molecule has 0 amide bonds. The molecule has 0 aliphatic carbocycles. The Labute approximate surface area is 152 Å². The molecule has 0 unspecified atom stereocenters. The van der Waals surface area contributed by atoms with Gasteiger partial charge in [-0.25, -0.2) is 0 Å². The Hall–Kier alpha value is -3.35. The van der Waals surface area contributed by atoms with Gasteiger partial charge in [0, 0.05) is 11.8 Å². The lowest BCUT2D eigenvalue weighted by Gasteiger charge is -2.12. The maximum Gasteiger partial charge on any atom is 0.249 e. The van der Waals surface area contributed by atoms with Crippen LogP contribution in [-0.2, 0) is 6.42 Å². The monoisotopic (exact) mass is 351 g/mol. The zero-order valence-electron chi connectivity index (χ0n) is 15.0. The highest BCUT2D eigenvalue weighted by Crippen LogP contribution is 2.30. The van der Waals surface area contributed by atoms with Crippen molar-refractivity contribution in [2.75, 3.05) is 24.9 Å². The predicted molar refractivity (Wildman–Crippen MR) is 102 cm³/mol. The van der Waals surface area contributed by atoms with Crippen LogP contribution in [0.2, 0.25) is 0 Å². The molecule has 1 heterocycles. The van der Waals surface area contributed by atoms with Gasteiger partial charge < -0.3 is 20.1 Å². The SMILES string of the molecule is CCc1ccc(Nc2cnnc(Nc3ccc(OC)cc3OC)n2)cc1. The molecule has 134 valence electrons. The van der Waals surface area contributed by atoms with Gasteiger partial charge in [-0.2, -0.15) is 10.1 Å². The fraction of sp³-hybridized carbons (Fsp3) is 0.211. The Morgan fingerprint density at radius 2 is 1.77 bits per heavy atom. The van der Waals surface area contributed by atoms with Crippen molar-refractivity contribution >= 4 is 23.1 Å². The number of hydrogen-bond donors (Lipinski definition) is 2. The second-order valence-electron chi connectivity index (χ2n) is 5.53. The number of benzene rings is 2. The average molecular weight is 351 g/mol. The first-order valence-electron chi connectivity index (χ1n) is 8.26. The Morgan fingerprint density at radius 3 is 2.46 bits per heavy atom. The number of rotatable bonds is 7. The van der Waals surface area contributed by atoms with Crippen molar-refractivity contribution in [3.8, 4) is 11.5 Å². The first-order chi connectivity index (χ1) is 12.7. The zero-order valence-corrected chi connectivity index (χ0v) is 15.0. The van der Waals surface area contributed by atoms with Gasteiger partial charge in [0.2, 0.25) is 5.95 Å². The van der Waals surface area contributed by atoms with Gasteiger partial charge in [-0.05, 0) is 36.2 Å². The lowest BCUT2D eigenvalue weighted by atomic mass is 10.1. The van der Waals surface area contributed by atoms with Gasteiger partial charge in [0.05, 0.1) is 26.1 Å². The summed E-state index contributed by atoms with van der Waals surface area (Å²) < 4.78 is 10.6. The molecule has 7 nitrogen and oxygen atoms in total. The first kappa shape index (κ1) is 17.5. The fourth-order valence-corrected chi connectivity index (χ4v) is 2.41. The van der Waals surface area contributed by atoms with Crippen LogP contribution in [0.3, 0.4) is 0 Å². The van der Waals surface area contributed by atoms with Gasteiger partial charge >= 0.3 is 0 Å². The smallest absolute Gasteiger partial charge is 0.249 e. The highest BCUT2D eigenvalue weighted by Gasteiger charge is 2.08. The lowest BCUT2D eigenvalue weighted by Crippen LogP contribution is -2.03. The third-order valence-electron chi connectivity index (χ3n) is 3.85. The summed E-state index contributed by atoms with van der Waals surface area (Å²) in [6, 6.07) is 13.6. The van der Waals surface area contributed by atoms with E-state index in [2.05, 4.69) is 44.9 Å². The Bertz CT molecular complexity index is 868. The fourth-order valence-electron chi connectivity index (χ4n) is 2.41. The molecule has 0 atom stereocenters. The normalized spacial score (nSPS) is 10.3. The van der Waals surface area contributed by atoms with Gasteiger partial charge in [0.25, 0.3) is 0 Å². The highest BCUT2D eigenvalue weighted by molar-refractivity contribution is 5.65. The molecule has 7 heteroatoms. The number of aromatic nitrogens is 3. The van der Waals surface area contributed by atoms with E-state index in [1.165, 1.54) is 5.56 Å². The quantitative estimate of drug-likeness (QED) is 0.667. The lowest BCUT2D eigenvalue weighted by molar-refractivity contribution is 0.395. The molecule has 26 heavy (non-hydrogen) atoms. The number of hydrogen-bond acceptors (Lipinski definition) is 7. The van der Waals surface area contributed by atoms with Gasteiger partial charge in [0.15, 0.2) is 5.82 Å². The van der Waals surface area contributed by atoms with Crippen molar-refractivity contribution < 1.29 is 9.47 Å². The third kappa shape index (κ3) is 4.18. The molecule has 0 radical (unpaired) electrons. The standard InChI is InChI=1S/C19H21N5O2/c1-4-13-5-7-14(8-6-13)21-18-12-20-24-19(23-18)22-16-10-9-15(25-2)11-17(16)26-3/h5-12H,4H2,1-3H3,(H2,21,22,23,24). The number of aryl methyl sites for hydroxylation is 1. The van der Waals surface area contributed by atoms with Crippen LogP contribution in [0.15, 0.2) is 48.7 Å². The van der Waals surface area contributed by atoms with E-state index in [4.69, 9.17) is 9.47 Å². The van der Waals surface area contributed by atoms with E-state index in [1.807, 2.05) is 24.3 Å². The molecule has 0 aliphatic rings. The number of ether oxygens (including phenoxy) is 2. The first-order valence-corrected chi connectivity index (χ1v) is 8.26. The van der Waals surface area contributed by atoms with Gasteiger partial charge in [-0.3, -0.25) is 0 Å². The molecule has 3 rings (SSSR count). The minimum Gasteiger partial charge on any atom is -0.497 e. The molecule has 0 aliphatic heterocycles. The largest absolute Gasteiger partial charge is 0.497 e. The van der Waals surface area contributed by atoms with Gasteiger partial charge in [-0.15, -0.1) is 5.10 Å². The molecule has 0 fully saturated rings. The Kier molecular flexibility index (Phi) is 5.48. The number of methoxy groups -OCH3 is 2. The number of anilines is 4. The minimum atomic E-state index is 0.364. The summed E-state index contributed by atoms with van der Waals surface area (Å²) in [7, 11) is 3.20. The predicted octanol–water partition coefficient (Wildman–Crippen LogP) is 3.94. The molecule has 2 aromatic carbocycles. The Balaban J connectivity index is 1.76. The Morgan fingerprint density at radius 1 is 0.962 bits per heavy atom. The molecule has 3 aromatic rings. The van der Waals surface area contributed by atoms with Crippen molar-refractivity contribution in [3.63, 3.8) is 0 Å². The highest BCUT2D eigenvalue weighted by atomic mass is 16.5. The molecule has 0 saturated heterocycles. The summed E-state index contributed by atoms with van der Waals surface area (Å²) in [5.41, 5.74) is 2.94. The van der Waals surface area contributed by atoms with E-state index in [9.17, 15) is 0 Å². The van der Waals surface area contributed by atoms with E-state index < -0.39 is 0 Å². The van der Waals surface area contributed by atoms with E-state index in [1.54, 1.807) is 26.5 Å². The summed E-state index contributed by atoms with van der Waals surface area (Å²) in [6.07, 6.45) is 2.58. The molecule has 2 N–H and O–H groups in total. The molecule has 1 aromatic heterocycles. The van der Waals surface area contributed by atoms with E-state index in [-0.39, 0.29) is 0 Å². The maximum absolute atomic E-state index is 5.37. The van der Waals surface area contributed by atoms with Crippen LogP contribution >= 0.6 is 0 Å². The van der Waals surface area contributed by atoms with E-state index in [0.29, 0.717) is 23.3 Å². The second kappa shape index (κ2) is 8.15. The van der Waals surface area contributed by atoms with Crippen LogP contribution in [0.25, 0.3) is 0 Å². The molecule has 0 bridgehead atoms. The number of nitrogens with one attached hydrogen (secondary N) is 2. The van der Waals surface area contributed by atoms with Crippen LogP contribution in [0.4, 0.5) is 23.1 Å². The average Bonchev–Trinajstić information content (AvgIpc) is 2.69.